The van der Waals surface area contributed by atoms with Gasteiger partial charge >= 0.3 is 0 Å². The van der Waals surface area contributed by atoms with Crippen LogP contribution in [-0.4, -0.2) is 57.9 Å². The molecule has 4 aliphatic carbocycles. The van der Waals surface area contributed by atoms with Crippen LogP contribution >= 0.6 is 0 Å². The first-order valence-corrected chi connectivity index (χ1v) is 14.3. The summed E-state index contributed by atoms with van der Waals surface area (Å²) in [6.45, 7) is 3.32. The average molecular weight is 561 g/mol. The normalized spacial score (nSPS) is 32.7. The lowest BCUT2D eigenvalue weighted by atomic mass is 9.66. The number of nitrogens with two attached hydrogens (primary N) is 1. The van der Waals surface area contributed by atoms with Gasteiger partial charge in [0.25, 0.3) is 11.5 Å². The van der Waals surface area contributed by atoms with Gasteiger partial charge < -0.3 is 19.9 Å². The molecule has 2 N–H and O–H groups in total. The van der Waals surface area contributed by atoms with Crippen molar-refractivity contribution < 1.29 is 13.5 Å². The molecule has 4 saturated carbocycles. The van der Waals surface area contributed by atoms with Crippen LogP contribution in [0.25, 0.3) is 32.9 Å². The number of hydrogen-bond donors (Lipinski definition) is 1. The van der Waals surface area contributed by atoms with Gasteiger partial charge in [0.05, 0.1) is 35.6 Å². The van der Waals surface area contributed by atoms with Gasteiger partial charge in [-0.25, -0.2) is 13.8 Å². The summed E-state index contributed by atoms with van der Waals surface area (Å²) >= 11 is 0. The first kappa shape index (κ1) is 25.2. The Morgan fingerprint density at radius 2 is 1.83 bits per heavy atom. The number of hydrogen-bond acceptors (Lipinski definition) is 6. The van der Waals surface area contributed by atoms with E-state index in [2.05, 4.69) is 35.6 Å². The van der Waals surface area contributed by atoms with E-state index in [1.54, 1.807) is 24.1 Å². The van der Waals surface area contributed by atoms with Crippen LogP contribution in [0.1, 0.15) is 51.1 Å². The zero-order valence-electron chi connectivity index (χ0n) is 23.7. The Morgan fingerprint density at radius 1 is 1.10 bits per heavy atom. The molecule has 0 bridgehead atoms. The van der Waals surface area contributed by atoms with Crippen molar-refractivity contribution in [2.24, 2.45) is 16.2 Å². The molecule has 10 heteroatoms. The van der Waals surface area contributed by atoms with Gasteiger partial charge in [0, 0.05) is 40.6 Å². The Labute approximate surface area is 236 Å². The summed E-state index contributed by atoms with van der Waals surface area (Å²) in [4.78, 5) is 20.5. The second-order valence-electron chi connectivity index (χ2n) is 13.6. The minimum absolute atomic E-state index is 0.197. The van der Waals surface area contributed by atoms with Crippen LogP contribution in [-0.2, 0) is 0 Å². The van der Waals surface area contributed by atoms with E-state index < -0.39 is 16.8 Å². The molecule has 214 valence electrons. The highest BCUT2D eigenvalue weighted by molar-refractivity contribution is 6.02. The smallest absolute Gasteiger partial charge is 0.260 e. The van der Waals surface area contributed by atoms with Crippen LogP contribution < -0.4 is 16.0 Å². The largest absolute Gasteiger partial charge is 0.495 e. The monoisotopic (exact) mass is 560 g/mol. The van der Waals surface area contributed by atoms with Crippen molar-refractivity contribution in [2.45, 2.75) is 57.0 Å². The highest BCUT2D eigenvalue weighted by atomic mass is 19.3. The molecule has 4 fully saturated rings. The lowest BCUT2D eigenvalue weighted by Gasteiger charge is -2.46. The van der Waals surface area contributed by atoms with Gasteiger partial charge in [-0.1, -0.05) is 13.0 Å². The molecule has 0 amide bonds. The summed E-state index contributed by atoms with van der Waals surface area (Å²) in [6, 6.07) is 7.59. The molecule has 4 aliphatic rings. The number of anilines is 1. The second kappa shape index (κ2) is 7.65. The minimum atomic E-state index is -2.58. The molecule has 41 heavy (non-hydrogen) atoms. The number of pyridine rings is 2. The van der Waals surface area contributed by atoms with Crippen molar-refractivity contribution in [3.63, 3.8) is 0 Å². The van der Waals surface area contributed by atoms with E-state index in [0.29, 0.717) is 47.3 Å². The van der Waals surface area contributed by atoms with Crippen LogP contribution in [0.3, 0.4) is 0 Å². The van der Waals surface area contributed by atoms with Crippen LogP contribution in [0.5, 0.6) is 5.75 Å². The third-order valence-corrected chi connectivity index (χ3v) is 10.7. The highest BCUT2D eigenvalue weighted by Crippen LogP contribution is 3.01. The third-order valence-electron chi connectivity index (χ3n) is 10.7. The van der Waals surface area contributed by atoms with Gasteiger partial charge in [-0.2, -0.15) is 5.10 Å². The maximum absolute atomic E-state index is 14.3. The molecule has 0 radical (unpaired) electrons. The van der Waals surface area contributed by atoms with Gasteiger partial charge in [0.2, 0.25) is 0 Å². The maximum Gasteiger partial charge on any atom is 0.260 e. The molecule has 3 heterocycles. The number of aromatic nitrogens is 4. The van der Waals surface area contributed by atoms with Gasteiger partial charge in [0.1, 0.15) is 17.3 Å². The zero-order valence-corrected chi connectivity index (χ0v) is 23.7. The van der Waals surface area contributed by atoms with E-state index in [1.165, 1.54) is 0 Å². The summed E-state index contributed by atoms with van der Waals surface area (Å²) in [5.41, 5.74) is 7.02. The minimum Gasteiger partial charge on any atom is -0.495 e. The molecule has 0 saturated heterocycles. The highest BCUT2D eigenvalue weighted by Gasteiger charge is 3.05. The number of fused-ring (bicyclic) bond motifs is 2. The number of nitrogen functional groups attached to an aromatic ring is 1. The van der Waals surface area contributed by atoms with E-state index in [-0.39, 0.29) is 23.1 Å². The van der Waals surface area contributed by atoms with Crippen molar-refractivity contribution in [3.8, 4) is 17.0 Å². The number of alkyl halides is 2. The third kappa shape index (κ3) is 3.04. The van der Waals surface area contributed by atoms with E-state index in [0.717, 1.165) is 35.9 Å². The van der Waals surface area contributed by atoms with Crippen molar-refractivity contribution in [2.75, 3.05) is 33.5 Å². The van der Waals surface area contributed by atoms with Crippen LogP contribution in [0.15, 0.2) is 41.5 Å². The first-order valence-electron chi connectivity index (χ1n) is 14.3. The molecule has 1 aromatic carbocycles. The fraction of sp³-hybridized carbons (Fsp3) is 0.516. The Hall–Kier alpha value is -3.53. The van der Waals surface area contributed by atoms with E-state index in [4.69, 9.17) is 15.6 Å². The van der Waals surface area contributed by atoms with Crippen molar-refractivity contribution in [1.29, 1.82) is 0 Å². The topological polar surface area (TPSA) is 91.2 Å². The van der Waals surface area contributed by atoms with Crippen LogP contribution in [0.2, 0.25) is 0 Å². The summed E-state index contributed by atoms with van der Waals surface area (Å²) in [6.07, 6.45) is 6.66. The zero-order chi connectivity index (χ0) is 28.7. The van der Waals surface area contributed by atoms with Crippen LogP contribution in [0, 0.1) is 16.2 Å². The standard InChI is InChI=1S/C31H34F2N6O2/c1-28(16-37(2)3)10-19(11-28)39-22-7-8-35-26(34)24(22)25(36-39)17-5-6-20-21(9-17)27(40)38(14-23(20)41-4)18-12-29-15-30(29,13-18)31(29,32)33/h5-9,14,18-19H,10-13,15-16H2,1-4H3,(H2,34,35). The number of methoxy groups -OCH3 is 1. The Bertz CT molecular complexity index is 1820. The van der Waals surface area contributed by atoms with E-state index >= 15 is 0 Å². The van der Waals surface area contributed by atoms with Gasteiger partial charge in [-0.3, -0.25) is 9.48 Å². The van der Waals surface area contributed by atoms with Crippen molar-refractivity contribution >= 4 is 27.5 Å². The van der Waals surface area contributed by atoms with Gasteiger partial charge in [-0.05, 0) is 69.8 Å². The number of rotatable bonds is 6. The predicted molar refractivity (Wildman–Crippen MR) is 153 cm³/mol. The molecule has 0 spiro atoms. The summed E-state index contributed by atoms with van der Waals surface area (Å²) in [7, 11) is 5.76. The Balaban J connectivity index is 1.21. The predicted octanol–water partition coefficient (Wildman–Crippen LogP) is 5.27. The van der Waals surface area contributed by atoms with E-state index in [1.807, 2.05) is 24.3 Å². The Kier molecular flexibility index (Phi) is 4.70. The molecule has 0 aliphatic heterocycles. The van der Waals surface area contributed by atoms with Gasteiger partial charge in [0.15, 0.2) is 0 Å². The molecule has 3 aromatic heterocycles. The SMILES string of the molecule is COc1cn(C2CC34CC3(C2)C4(F)F)c(=O)c2cc(-c3nn(C4CC(C)(CN(C)C)C4)c4ccnc(N)c34)ccc12. The number of nitrogens with zero attached hydrogens (tertiary/aromatic N) is 5. The summed E-state index contributed by atoms with van der Waals surface area (Å²) in [5, 5.41) is 7.00. The molecule has 8 rings (SSSR count). The molecule has 8 nitrogen and oxygen atoms in total. The number of benzene rings is 1. The van der Waals surface area contributed by atoms with Crippen LogP contribution in [0.4, 0.5) is 14.6 Å². The van der Waals surface area contributed by atoms with Gasteiger partial charge in [-0.15, -0.1) is 0 Å². The molecular weight excluding hydrogens is 526 g/mol. The Morgan fingerprint density at radius 3 is 2.49 bits per heavy atom. The second-order valence-corrected chi connectivity index (χ2v) is 13.6. The fourth-order valence-electron chi connectivity index (χ4n) is 8.84. The first-order chi connectivity index (χ1) is 19.4. The van der Waals surface area contributed by atoms with Crippen molar-refractivity contribution in [3.05, 3.63) is 47.0 Å². The molecule has 2 unspecified atom stereocenters. The summed E-state index contributed by atoms with van der Waals surface area (Å²) < 4.78 is 38.0. The molecular formula is C31H34F2N6O2. The average Bonchev–Trinajstić information content (AvgIpc) is 3.43. The quantitative estimate of drug-likeness (QED) is 0.346. The summed E-state index contributed by atoms with van der Waals surface area (Å²) in [5.74, 6) is -1.63. The lowest BCUT2D eigenvalue weighted by molar-refractivity contribution is -0.0234. The molecule has 2 atom stereocenters. The van der Waals surface area contributed by atoms with E-state index in [9.17, 15) is 13.6 Å². The number of halogens is 2. The fourth-order valence-corrected chi connectivity index (χ4v) is 8.84. The maximum atomic E-state index is 14.3. The number of ether oxygens (including phenoxy) is 1. The molecule has 4 aromatic rings. The lowest BCUT2D eigenvalue weighted by Crippen LogP contribution is -2.43. The van der Waals surface area contributed by atoms with Crippen molar-refractivity contribution in [1.82, 2.24) is 24.2 Å².